The minimum atomic E-state index is -0.613. The number of ether oxygens (including phenoxy) is 3. The van der Waals surface area contributed by atoms with Crippen molar-refractivity contribution in [3.8, 4) is 5.75 Å². The molecule has 5 rings (SSSR count). The molecule has 2 fully saturated rings. The third kappa shape index (κ3) is 6.75. The van der Waals surface area contributed by atoms with E-state index in [0.717, 1.165) is 48.5 Å². The van der Waals surface area contributed by atoms with Gasteiger partial charge in [0.2, 0.25) is 0 Å². The zero-order valence-corrected chi connectivity index (χ0v) is 25.2. The highest BCUT2D eigenvalue weighted by molar-refractivity contribution is 7.14. The van der Waals surface area contributed by atoms with Crippen LogP contribution in [0.1, 0.15) is 40.9 Å². The Morgan fingerprint density at radius 1 is 1.00 bits per heavy atom. The summed E-state index contributed by atoms with van der Waals surface area (Å²) in [6.45, 7) is 12.6. The summed E-state index contributed by atoms with van der Waals surface area (Å²) in [7, 11) is 0. The van der Waals surface area contributed by atoms with E-state index in [0.29, 0.717) is 54.8 Å². The first-order valence-corrected chi connectivity index (χ1v) is 15.1. The highest BCUT2D eigenvalue weighted by Gasteiger charge is 2.29. The number of fused-ring (bicyclic) bond motifs is 1. The molecular weight excluding hydrogens is 556 g/mol. The van der Waals surface area contributed by atoms with Crippen LogP contribution in [0.4, 0.5) is 5.69 Å². The van der Waals surface area contributed by atoms with Crippen LogP contribution in [-0.2, 0) is 19.7 Å². The highest BCUT2D eigenvalue weighted by atomic mass is 32.1. The Morgan fingerprint density at radius 3 is 2.33 bits per heavy atom. The molecule has 0 aliphatic carbocycles. The Bertz CT molecular complexity index is 1450. The van der Waals surface area contributed by atoms with Crippen molar-refractivity contribution in [3.05, 3.63) is 57.8 Å². The predicted octanol–water partition coefficient (Wildman–Crippen LogP) is 4.20. The van der Waals surface area contributed by atoms with Crippen LogP contribution in [-0.4, -0.2) is 98.3 Å². The molecule has 0 bridgehead atoms. The second-order valence-electron chi connectivity index (χ2n) is 11.4. The Kier molecular flexibility index (Phi) is 9.42. The van der Waals surface area contributed by atoms with Crippen molar-refractivity contribution < 1.29 is 29.0 Å². The number of nitrogens with one attached hydrogen (secondary N) is 1. The molecular formula is C31H38N4O6S. The van der Waals surface area contributed by atoms with Gasteiger partial charge in [0.15, 0.2) is 5.71 Å². The molecule has 11 heteroatoms. The monoisotopic (exact) mass is 594 g/mol. The number of anilines is 1. The Hall–Kier alpha value is -3.51. The van der Waals surface area contributed by atoms with Crippen molar-refractivity contribution in [1.29, 1.82) is 0 Å². The van der Waals surface area contributed by atoms with Crippen LogP contribution in [0.5, 0.6) is 5.75 Å². The molecule has 2 aliphatic heterocycles. The van der Waals surface area contributed by atoms with Gasteiger partial charge in [-0.15, -0.1) is 11.3 Å². The number of oxime groups is 1. The molecule has 2 aromatic carbocycles. The van der Waals surface area contributed by atoms with E-state index < -0.39 is 5.91 Å². The molecule has 1 aromatic heterocycles. The van der Waals surface area contributed by atoms with E-state index in [4.69, 9.17) is 14.2 Å². The number of benzene rings is 2. The molecule has 2 amide bonds. The number of hydrogen-bond acceptors (Lipinski definition) is 9. The van der Waals surface area contributed by atoms with Crippen molar-refractivity contribution in [2.24, 2.45) is 5.16 Å². The zero-order chi connectivity index (χ0) is 29.7. The lowest BCUT2D eigenvalue weighted by atomic mass is 9.94. The van der Waals surface area contributed by atoms with Crippen molar-refractivity contribution >= 4 is 45.3 Å². The fraction of sp³-hybridized carbons (Fsp3) is 0.452. The first-order chi connectivity index (χ1) is 20.3. The SMILES string of the molecule is CC(C)(C)c1cc(NC(=O)/C(=N\O)c2ccc(OCCN3CCOCC3)c3ccccc23)c(C(=O)N2CCOCC2)s1. The van der Waals surface area contributed by atoms with Crippen LogP contribution >= 0.6 is 11.3 Å². The Balaban J connectivity index is 1.39. The lowest BCUT2D eigenvalue weighted by molar-refractivity contribution is -0.110. The minimum Gasteiger partial charge on any atom is -0.492 e. The van der Waals surface area contributed by atoms with Gasteiger partial charge in [-0.2, -0.15) is 0 Å². The maximum absolute atomic E-state index is 13.6. The van der Waals surface area contributed by atoms with Gasteiger partial charge in [0.1, 0.15) is 17.2 Å². The van der Waals surface area contributed by atoms with Gasteiger partial charge in [-0.3, -0.25) is 14.5 Å². The first kappa shape index (κ1) is 30.0. The molecule has 0 atom stereocenters. The summed E-state index contributed by atoms with van der Waals surface area (Å²) in [5.41, 5.74) is 0.479. The van der Waals surface area contributed by atoms with Crippen LogP contribution in [0.25, 0.3) is 10.8 Å². The minimum absolute atomic E-state index is 0.152. The van der Waals surface area contributed by atoms with Crippen LogP contribution in [0.3, 0.4) is 0 Å². The van der Waals surface area contributed by atoms with Gasteiger partial charge in [-0.05, 0) is 29.0 Å². The van der Waals surface area contributed by atoms with E-state index in [1.807, 2.05) is 30.3 Å². The maximum Gasteiger partial charge on any atom is 0.278 e. The normalized spacial score (nSPS) is 16.9. The highest BCUT2D eigenvalue weighted by Crippen LogP contribution is 2.37. The Labute approximate surface area is 249 Å². The third-order valence-corrected chi connectivity index (χ3v) is 8.98. The van der Waals surface area contributed by atoms with E-state index in [-0.39, 0.29) is 17.0 Å². The van der Waals surface area contributed by atoms with Crippen LogP contribution in [0.15, 0.2) is 47.6 Å². The number of amides is 2. The van der Waals surface area contributed by atoms with Crippen molar-refractivity contribution in [2.45, 2.75) is 26.2 Å². The standard InChI is InChI=1S/C31H38N4O6S/c1-31(2,3)26-20-24(28(42-26)30(37)35-13-17-40-18-14-35)32-29(36)27(33-38)23-8-9-25(22-7-5-4-6-21(22)23)41-19-12-34-10-15-39-16-11-34/h4-9,20,38H,10-19H2,1-3H3,(H,32,36)/b33-27-. The van der Waals surface area contributed by atoms with Gasteiger partial charge >= 0.3 is 0 Å². The van der Waals surface area contributed by atoms with E-state index in [1.54, 1.807) is 17.0 Å². The van der Waals surface area contributed by atoms with Crippen LogP contribution in [0, 0.1) is 0 Å². The van der Waals surface area contributed by atoms with Crippen LogP contribution in [0.2, 0.25) is 0 Å². The second-order valence-corrected chi connectivity index (χ2v) is 12.4. The lowest BCUT2D eigenvalue weighted by Crippen LogP contribution is -2.40. The first-order valence-electron chi connectivity index (χ1n) is 14.3. The zero-order valence-electron chi connectivity index (χ0n) is 24.4. The summed E-state index contributed by atoms with van der Waals surface area (Å²) in [5.74, 6) is -0.0788. The number of thiophene rings is 1. The summed E-state index contributed by atoms with van der Waals surface area (Å²) >= 11 is 1.37. The molecule has 10 nitrogen and oxygen atoms in total. The van der Waals surface area contributed by atoms with Gasteiger partial charge in [0.05, 0.1) is 32.1 Å². The molecule has 0 radical (unpaired) electrons. The van der Waals surface area contributed by atoms with Gasteiger partial charge in [-0.25, -0.2) is 0 Å². The number of morpholine rings is 2. The average molecular weight is 595 g/mol. The maximum atomic E-state index is 13.6. The van der Waals surface area contributed by atoms with Crippen molar-refractivity contribution in [1.82, 2.24) is 9.80 Å². The van der Waals surface area contributed by atoms with Crippen molar-refractivity contribution in [2.75, 3.05) is 71.1 Å². The summed E-state index contributed by atoms with van der Waals surface area (Å²) in [6.07, 6.45) is 0. The summed E-state index contributed by atoms with van der Waals surface area (Å²) < 4.78 is 17.0. The van der Waals surface area contributed by atoms with E-state index in [9.17, 15) is 14.8 Å². The van der Waals surface area contributed by atoms with E-state index >= 15 is 0 Å². The molecule has 3 heterocycles. The van der Waals surface area contributed by atoms with Gasteiger partial charge < -0.3 is 29.6 Å². The molecule has 2 N–H and O–H groups in total. The molecule has 2 saturated heterocycles. The molecule has 3 aromatic rings. The lowest BCUT2D eigenvalue weighted by Gasteiger charge is -2.26. The summed E-state index contributed by atoms with van der Waals surface area (Å²) in [5, 5.41) is 17.9. The van der Waals surface area contributed by atoms with E-state index in [1.165, 1.54) is 11.3 Å². The molecule has 0 unspecified atom stereocenters. The van der Waals surface area contributed by atoms with Crippen LogP contribution < -0.4 is 10.1 Å². The number of nitrogens with zero attached hydrogens (tertiary/aromatic N) is 3. The fourth-order valence-electron chi connectivity index (χ4n) is 5.04. The summed E-state index contributed by atoms with van der Waals surface area (Å²) in [4.78, 5) is 32.6. The predicted molar refractivity (Wildman–Crippen MR) is 163 cm³/mol. The molecule has 2 aliphatic rings. The second kappa shape index (κ2) is 13.2. The number of hydrogen-bond donors (Lipinski definition) is 2. The molecule has 42 heavy (non-hydrogen) atoms. The van der Waals surface area contributed by atoms with Gasteiger partial charge in [-0.1, -0.05) is 50.2 Å². The van der Waals surface area contributed by atoms with E-state index in [2.05, 4.69) is 36.1 Å². The molecule has 224 valence electrons. The molecule has 0 spiro atoms. The topological polar surface area (TPSA) is 113 Å². The largest absolute Gasteiger partial charge is 0.492 e. The summed E-state index contributed by atoms with van der Waals surface area (Å²) in [6, 6.07) is 12.9. The Morgan fingerprint density at radius 2 is 1.67 bits per heavy atom. The number of carbonyl (C=O) groups is 2. The smallest absolute Gasteiger partial charge is 0.278 e. The molecule has 0 saturated carbocycles. The third-order valence-electron chi connectivity index (χ3n) is 7.44. The average Bonchev–Trinajstić information content (AvgIpc) is 3.43. The van der Waals surface area contributed by atoms with Gasteiger partial charge in [0, 0.05) is 48.6 Å². The number of carbonyl (C=O) groups excluding carboxylic acids is 2. The van der Waals surface area contributed by atoms with Gasteiger partial charge in [0.25, 0.3) is 11.8 Å². The fourth-order valence-corrected chi connectivity index (χ4v) is 6.18. The quantitative estimate of drug-likeness (QED) is 0.228. The number of rotatable bonds is 8. The van der Waals surface area contributed by atoms with Crippen molar-refractivity contribution in [3.63, 3.8) is 0 Å².